The van der Waals surface area contributed by atoms with Crippen LogP contribution in [0.2, 0.25) is 0 Å². The van der Waals surface area contributed by atoms with Gasteiger partial charge in [0.25, 0.3) is 11.8 Å². The van der Waals surface area contributed by atoms with Crippen molar-refractivity contribution in [2.24, 2.45) is 0 Å². The Hall–Kier alpha value is -2.96. The first-order chi connectivity index (χ1) is 13.6. The van der Waals surface area contributed by atoms with Crippen molar-refractivity contribution in [3.05, 3.63) is 47.4 Å². The number of aryl methyl sites for hydroxylation is 1. The van der Waals surface area contributed by atoms with Crippen molar-refractivity contribution in [1.82, 2.24) is 15.0 Å². The van der Waals surface area contributed by atoms with Gasteiger partial charge in [0.1, 0.15) is 0 Å². The van der Waals surface area contributed by atoms with Crippen LogP contribution >= 0.6 is 0 Å². The van der Waals surface area contributed by atoms with Gasteiger partial charge in [0.2, 0.25) is 0 Å². The Morgan fingerprint density at radius 3 is 2.61 bits per heavy atom. The fraction of sp³-hybridized carbons (Fsp3) is 0.429. The number of amides is 1. The number of allylic oxidation sites excluding steroid dienone is 2. The van der Waals surface area contributed by atoms with Gasteiger partial charge in [-0.05, 0) is 69.7 Å². The van der Waals surface area contributed by atoms with Crippen molar-refractivity contribution >= 4 is 11.9 Å². The quantitative estimate of drug-likeness (QED) is 0.710. The molecule has 0 aliphatic heterocycles. The minimum Gasteiger partial charge on any atom is -0.452 e. The number of hydrogen-bond acceptors (Lipinski definition) is 6. The molecule has 7 heteroatoms. The summed E-state index contributed by atoms with van der Waals surface area (Å²) < 4.78 is 10.4. The molecular formula is C21H23N3O4. The zero-order valence-corrected chi connectivity index (χ0v) is 15.9. The third-order valence-corrected chi connectivity index (χ3v) is 4.98. The molecule has 1 aromatic heterocycles. The summed E-state index contributed by atoms with van der Waals surface area (Å²) in [5.41, 5.74) is 2.19. The Bertz CT molecular complexity index is 897. The van der Waals surface area contributed by atoms with Gasteiger partial charge in [-0.3, -0.25) is 4.79 Å². The van der Waals surface area contributed by atoms with E-state index in [2.05, 4.69) is 16.2 Å². The standard InChI is InChI=1S/C21H23N3O4/c1-14-22-20(28-23-14)15-7-9-16(10-8-15)21(26)27-13-19(25)24(18-11-12-18)17-5-3-2-4-6-17/h5,7-10,18H,2-4,6,11-13H2,1H3. The molecule has 0 radical (unpaired) electrons. The molecule has 1 amide bonds. The number of carbonyl (C=O) groups is 2. The Kier molecular flexibility index (Phi) is 5.23. The van der Waals surface area contributed by atoms with Crippen LogP contribution in [0.4, 0.5) is 0 Å². The highest BCUT2D eigenvalue weighted by Gasteiger charge is 2.35. The number of nitrogens with zero attached hydrogens (tertiary/aromatic N) is 3. The maximum Gasteiger partial charge on any atom is 0.338 e. The number of benzene rings is 1. The van der Waals surface area contributed by atoms with Gasteiger partial charge in [-0.2, -0.15) is 4.98 Å². The molecule has 2 aliphatic carbocycles. The van der Waals surface area contributed by atoms with Gasteiger partial charge < -0.3 is 14.2 Å². The first kappa shape index (κ1) is 18.4. The van der Waals surface area contributed by atoms with Crippen LogP contribution in [0.5, 0.6) is 0 Å². The van der Waals surface area contributed by atoms with E-state index in [1.54, 1.807) is 31.2 Å². The van der Waals surface area contributed by atoms with Crippen molar-refractivity contribution in [3.63, 3.8) is 0 Å². The minimum atomic E-state index is -0.519. The SMILES string of the molecule is Cc1noc(-c2ccc(C(=O)OCC(=O)N(C3=CCCCC3)C3CC3)cc2)n1. The average Bonchev–Trinajstić information content (AvgIpc) is 3.46. The van der Waals surface area contributed by atoms with E-state index in [0.29, 0.717) is 17.3 Å². The Morgan fingerprint density at radius 2 is 2.00 bits per heavy atom. The lowest BCUT2D eigenvalue weighted by molar-refractivity contribution is -0.133. The fourth-order valence-corrected chi connectivity index (χ4v) is 3.41. The second-order valence-corrected chi connectivity index (χ2v) is 7.24. The number of aromatic nitrogens is 2. The molecule has 146 valence electrons. The molecule has 28 heavy (non-hydrogen) atoms. The maximum absolute atomic E-state index is 12.7. The lowest BCUT2D eigenvalue weighted by atomic mass is 10.0. The van der Waals surface area contributed by atoms with E-state index in [1.807, 2.05) is 4.90 Å². The molecule has 0 unspecified atom stereocenters. The van der Waals surface area contributed by atoms with Gasteiger partial charge in [-0.1, -0.05) is 11.2 Å². The minimum absolute atomic E-state index is 0.137. The highest BCUT2D eigenvalue weighted by molar-refractivity contribution is 5.92. The van der Waals surface area contributed by atoms with Crippen LogP contribution in [0.25, 0.3) is 11.5 Å². The van der Waals surface area contributed by atoms with E-state index < -0.39 is 5.97 Å². The van der Waals surface area contributed by atoms with E-state index in [0.717, 1.165) is 43.4 Å². The van der Waals surface area contributed by atoms with Crippen molar-refractivity contribution in [2.75, 3.05) is 6.61 Å². The van der Waals surface area contributed by atoms with Crippen molar-refractivity contribution in [1.29, 1.82) is 0 Å². The molecule has 1 saturated carbocycles. The van der Waals surface area contributed by atoms with Gasteiger partial charge in [0, 0.05) is 17.3 Å². The van der Waals surface area contributed by atoms with E-state index in [1.165, 1.54) is 6.42 Å². The Balaban J connectivity index is 1.36. The number of carbonyl (C=O) groups excluding carboxylic acids is 2. The topological polar surface area (TPSA) is 85.5 Å². The summed E-state index contributed by atoms with van der Waals surface area (Å²) in [6, 6.07) is 6.96. The molecule has 0 atom stereocenters. The third-order valence-electron chi connectivity index (χ3n) is 4.98. The predicted molar refractivity (Wildman–Crippen MR) is 101 cm³/mol. The summed E-state index contributed by atoms with van der Waals surface area (Å²) >= 11 is 0. The molecule has 0 N–H and O–H groups in total. The molecule has 2 aromatic rings. The summed E-state index contributed by atoms with van der Waals surface area (Å²) in [5.74, 6) is 0.288. The Morgan fingerprint density at radius 1 is 1.21 bits per heavy atom. The van der Waals surface area contributed by atoms with Crippen LogP contribution in [0, 0.1) is 6.92 Å². The van der Waals surface area contributed by atoms with Crippen LogP contribution < -0.4 is 0 Å². The molecule has 0 spiro atoms. The van der Waals surface area contributed by atoms with E-state index in [-0.39, 0.29) is 18.6 Å². The van der Waals surface area contributed by atoms with Crippen LogP contribution in [0.3, 0.4) is 0 Å². The van der Waals surface area contributed by atoms with E-state index in [4.69, 9.17) is 9.26 Å². The van der Waals surface area contributed by atoms with E-state index >= 15 is 0 Å². The van der Waals surface area contributed by atoms with Gasteiger partial charge in [0.15, 0.2) is 12.4 Å². The largest absolute Gasteiger partial charge is 0.452 e. The third kappa shape index (κ3) is 4.13. The zero-order chi connectivity index (χ0) is 19.5. The molecule has 2 aliphatic rings. The number of esters is 1. The van der Waals surface area contributed by atoms with Crippen LogP contribution in [-0.2, 0) is 9.53 Å². The lowest BCUT2D eigenvalue weighted by Gasteiger charge is -2.27. The predicted octanol–water partition coefficient (Wildman–Crippen LogP) is 3.65. The van der Waals surface area contributed by atoms with Gasteiger partial charge in [-0.25, -0.2) is 4.79 Å². The monoisotopic (exact) mass is 381 g/mol. The first-order valence-corrected chi connectivity index (χ1v) is 9.71. The molecule has 1 heterocycles. The maximum atomic E-state index is 12.7. The smallest absolute Gasteiger partial charge is 0.338 e. The number of ether oxygens (including phenoxy) is 1. The summed E-state index contributed by atoms with van der Waals surface area (Å²) in [6.07, 6.45) is 8.41. The van der Waals surface area contributed by atoms with Crippen LogP contribution in [0.15, 0.2) is 40.6 Å². The molecule has 0 bridgehead atoms. The van der Waals surface area contributed by atoms with Gasteiger partial charge in [-0.15, -0.1) is 0 Å². The highest BCUT2D eigenvalue weighted by Crippen LogP contribution is 2.33. The molecule has 1 fully saturated rings. The number of rotatable bonds is 6. The molecule has 1 aromatic carbocycles. The second-order valence-electron chi connectivity index (χ2n) is 7.24. The summed E-state index contributed by atoms with van der Waals surface area (Å²) in [5, 5.41) is 3.75. The molecular weight excluding hydrogens is 358 g/mol. The first-order valence-electron chi connectivity index (χ1n) is 9.71. The zero-order valence-electron chi connectivity index (χ0n) is 15.9. The lowest BCUT2D eigenvalue weighted by Crippen LogP contribution is -2.36. The molecule has 7 nitrogen and oxygen atoms in total. The van der Waals surface area contributed by atoms with Crippen molar-refractivity contribution < 1.29 is 18.8 Å². The summed E-state index contributed by atoms with van der Waals surface area (Å²) in [6.45, 7) is 1.50. The van der Waals surface area contributed by atoms with Crippen LogP contribution in [-0.4, -0.2) is 39.6 Å². The van der Waals surface area contributed by atoms with E-state index in [9.17, 15) is 9.59 Å². The highest BCUT2D eigenvalue weighted by atomic mass is 16.5. The van der Waals surface area contributed by atoms with Gasteiger partial charge in [0.05, 0.1) is 5.56 Å². The van der Waals surface area contributed by atoms with Crippen molar-refractivity contribution in [2.45, 2.75) is 51.5 Å². The number of hydrogen-bond donors (Lipinski definition) is 0. The molecule has 0 saturated heterocycles. The second kappa shape index (κ2) is 7.96. The van der Waals surface area contributed by atoms with Crippen LogP contribution in [0.1, 0.15) is 54.7 Å². The average molecular weight is 381 g/mol. The Labute approximate surface area is 163 Å². The van der Waals surface area contributed by atoms with Crippen molar-refractivity contribution in [3.8, 4) is 11.5 Å². The normalized spacial score (nSPS) is 16.4. The van der Waals surface area contributed by atoms with Gasteiger partial charge >= 0.3 is 5.97 Å². The molecule has 4 rings (SSSR count). The fourth-order valence-electron chi connectivity index (χ4n) is 3.41. The summed E-state index contributed by atoms with van der Waals surface area (Å²) in [4.78, 5) is 31.0. The summed E-state index contributed by atoms with van der Waals surface area (Å²) in [7, 11) is 0.